The second kappa shape index (κ2) is 10.6. The number of hydrogen-bond donors (Lipinski definition) is 1. The fraction of sp³-hybridized carbons (Fsp3) is 0.500. The van der Waals surface area contributed by atoms with Crippen LogP contribution < -0.4 is 5.32 Å². The van der Waals surface area contributed by atoms with Crippen molar-refractivity contribution in [1.82, 2.24) is 5.32 Å². The van der Waals surface area contributed by atoms with Crippen LogP contribution in [-0.4, -0.2) is 14.1 Å². The van der Waals surface area contributed by atoms with E-state index in [-0.39, 0.29) is 12.4 Å². The van der Waals surface area contributed by atoms with Crippen LogP contribution in [0.25, 0.3) is 0 Å². The first kappa shape index (κ1) is 15.9. The van der Waals surface area contributed by atoms with Gasteiger partial charge in [-0.05, 0) is 38.1 Å². The predicted molar refractivity (Wildman–Crippen MR) is 67.4 cm³/mol. The molecule has 2 heteroatoms. The molecule has 1 N–H and O–H groups in total. The summed E-state index contributed by atoms with van der Waals surface area (Å²) in [4.78, 5) is 0. The van der Waals surface area contributed by atoms with Crippen LogP contribution in [0.2, 0.25) is 0 Å². The van der Waals surface area contributed by atoms with Crippen molar-refractivity contribution < 1.29 is 0 Å². The summed E-state index contributed by atoms with van der Waals surface area (Å²) in [5, 5.41) is 2.75. The van der Waals surface area contributed by atoms with Crippen LogP contribution in [0, 0.1) is 0 Å². The monoisotopic (exact) mass is 215 g/mol. The molecule has 1 rings (SSSR count). The zero-order valence-corrected chi connectivity index (χ0v) is 10.4. The maximum Gasteiger partial charge on any atom is -0.0167 e. The van der Waals surface area contributed by atoms with E-state index in [9.17, 15) is 0 Å². The van der Waals surface area contributed by atoms with Crippen molar-refractivity contribution in [3.63, 3.8) is 0 Å². The molecule has 0 saturated carbocycles. The maximum atomic E-state index is 2.75. The first-order valence-electron chi connectivity index (χ1n) is 4.94. The van der Waals surface area contributed by atoms with Crippen molar-refractivity contribution >= 4 is 12.4 Å². The Hall–Kier alpha value is -0.530. The van der Waals surface area contributed by atoms with Crippen molar-refractivity contribution in [2.75, 3.05) is 14.1 Å². The van der Waals surface area contributed by atoms with Crippen LogP contribution in [0.3, 0.4) is 0 Å². The molecule has 0 atom stereocenters. The van der Waals surface area contributed by atoms with Crippen molar-refractivity contribution in [2.24, 2.45) is 0 Å². The first-order chi connectivity index (χ1) is 6.28. The Morgan fingerprint density at radius 1 is 0.857 bits per heavy atom. The molecule has 0 amide bonds. The zero-order chi connectivity index (χ0) is 10.1. The van der Waals surface area contributed by atoms with Crippen LogP contribution in [-0.2, 0) is 12.8 Å². The second-order valence-electron chi connectivity index (χ2n) is 3.02. The second-order valence-corrected chi connectivity index (χ2v) is 3.02. The molecular formula is C12H22ClN. The number of nitrogens with one attached hydrogen (secondary N) is 1. The predicted octanol–water partition coefficient (Wildman–Crippen LogP) is 3.07. The summed E-state index contributed by atoms with van der Waals surface area (Å²) < 4.78 is 0. The summed E-state index contributed by atoms with van der Waals surface area (Å²) in [5.41, 5.74) is 2.86. The highest BCUT2D eigenvalue weighted by Gasteiger charge is 1.88. The van der Waals surface area contributed by atoms with Gasteiger partial charge in [-0.25, -0.2) is 0 Å². The summed E-state index contributed by atoms with van der Waals surface area (Å²) >= 11 is 0. The van der Waals surface area contributed by atoms with Crippen molar-refractivity contribution in [3.05, 3.63) is 35.4 Å². The molecule has 0 heterocycles. The fourth-order valence-electron chi connectivity index (χ4n) is 1.01. The lowest BCUT2D eigenvalue weighted by Gasteiger charge is -1.97. The Labute approximate surface area is 94.3 Å². The highest BCUT2D eigenvalue weighted by Crippen LogP contribution is 2.04. The molecule has 0 bridgehead atoms. The molecule has 0 radical (unpaired) electrons. The fourth-order valence-corrected chi connectivity index (χ4v) is 1.01. The number of hydrogen-bond acceptors (Lipinski definition) is 1. The number of halogens is 1. The van der Waals surface area contributed by atoms with Crippen molar-refractivity contribution in [3.8, 4) is 0 Å². The van der Waals surface area contributed by atoms with E-state index in [1.807, 2.05) is 14.1 Å². The quantitative estimate of drug-likeness (QED) is 0.800. The zero-order valence-electron chi connectivity index (χ0n) is 9.63. The third-order valence-electron chi connectivity index (χ3n) is 1.84. The molecule has 1 aromatic carbocycles. The Morgan fingerprint density at radius 2 is 1.07 bits per heavy atom. The lowest BCUT2D eigenvalue weighted by Crippen LogP contribution is -1.89. The van der Waals surface area contributed by atoms with Gasteiger partial charge in [-0.15, -0.1) is 12.4 Å². The summed E-state index contributed by atoms with van der Waals surface area (Å²) in [7, 11) is 3.75. The van der Waals surface area contributed by atoms with Gasteiger partial charge in [0.1, 0.15) is 0 Å². The summed E-state index contributed by atoms with van der Waals surface area (Å²) in [6, 6.07) is 8.83. The van der Waals surface area contributed by atoms with Gasteiger partial charge >= 0.3 is 0 Å². The highest BCUT2D eigenvalue weighted by atomic mass is 35.5. The Balaban J connectivity index is 0. The van der Waals surface area contributed by atoms with Gasteiger partial charge in [-0.1, -0.05) is 38.1 Å². The smallest absolute Gasteiger partial charge is 0.0167 e. The molecule has 82 valence electrons. The molecular weight excluding hydrogens is 194 g/mol. The molecule has 0 aliphatic heterocycles. The lowest BCUT2D eigenvalue weighted by atomic mass is 10.1. The molecule has 1 nitrogen and oxygen atoms in total. The van der Waals surface area contributed by atoms with Gasteiger partial charge < -0.3 is 5.32 Å². The van der Waals surface area contributed by atoms with E-state index in [4.69, 9.17) is 0 Å². The van der Waals surface area contributed by atoms with E-state index in [1.165, 1.54) is 11.1 Å². The molecule has 0 spiro atoms. The third-order valence-corrected chi connectivity index (χ3v) is 1.84. The van der Waals surface area contributed by atoms with Gasteiger partial charge in [0.05, 0.1) is 0 Å². The number of benzene rings is 1. The van der Waals surface area contributed by atoms with Gasteiger partial charge in [0.25, 0.3) is 0 Å². The van der Waals surface area contributed by atoms with Gasteiger partial charge in [0, 0.05) is 0 Å². The molecule has 0 fully saturated rings. The normalized spacial score (nSPS) is 8.29. The van der Waals surface area contributed by atoms with E-state index in [0.29, 0.717) is 0 Å². The van der Waals surface area contributed by atoms with Crippen LogP contribution in [0.1, 0.15) is 25.0 Å². The molecule has 0 aromatic heterocycles. The standard InChI is InChI=1S/C10H14.C2H7N.ClH/c1-3-9-5-7-10(4-2)8-6-9;1-3-2;/h5-8H,3-4H2,1-2H3;3H,1-2H3;1H. The average molecular weight is 216 g/mol. The topological polar surface area (TPSA) is 12.0 Å². The summed E-state index contributed by atoms with van der Waals surface area (Å²) in [6.45, 7) is 4.36. The average Bonchev–Trinajstić information content (AvgIpc) is 2.19. The van der Waals surface area contributed by atoms with E-state index < -0.39 is 0 Å². The molecule has 1 aromatic rings. The summed E-state index contributed by atoms with van der Waals surface area (Å²) in [6.07, 6.45) is 2.29. The minimum absolute atomic E-state index is 0. The molecule has 0 aliphatic rings. The Kier molecular flexibility index (Phi) is 12.0. The van der Waals surface area contributed by atoms with Crippen LogP contribution in [0.5, 0.6) is 0 Å². The third kappa shape index (κ3) is 6.93. The lowest BCUT2D eigenvalue weighted by molar-refractivity contribution is 1.02. The van der Waals surface area contributed by atoms with Gasteiger partial charge in [-0.3, -0.25) is 0 Å². The van der Waals surface area contributed by atoms with Crippen LogP contribution in [0.4, 0.5) is 0 Å². The molecule has 0 unspecified atom stereocenters. The highest BCUT2D eigenvalue weighted by molar-refractivity contribution is 5.85. The van der Waals surface area contributed by atoms with Gasteiger partial charge in [-0.2, -0.15) is 0 Å². The molecule has 14 heavy (non-hydrogen) atoms. The van der Waals surface area contributed by atoms with Crippen LogP contribution >= 0.6 is 12.4 Å². The van der Waals surface area contributed by atoms with E-state index in [0.717, 1.165) is 12.8 Å². The largest absolute Gasteiger partial charge is 0.323 e. The van der Waals surface area contributed by atoms with Gasteiger partial charge in [0.15, 0.2) is 0 Å². The van der Waals surface area contributed by atoms with Crippen LogP contribution in [0.15, 0.2) is 24.3 Å². The maximum absolute atomic E-state index is 2.75. The minimum atomic E-state index is 0. The van der Waals surface area contributed by atoms with E-state index >= 15 is 0 Å². The Bertz CT molecular complexity index is 183. The first-order valence-corrected chi connectivity index (χ1v) is 4.94. The van der Waals surface area contributed by atoms with Crippen molar-refractivity contribution in [1.29, 1.82) is 0 Å². The number of aryl methyl sites for hydroxylation is 2. The summed E-state index contributed by atoms with van der Waals surface area (Å²) in [5.74, 6) is 0. The number of rotatable bonds is 2. The van der Waals surface area contributed by atoms with Crippen molar-refractivity contribution in [2.45, 2.75) is 26.7 Å². The minimum Gasteiger partial charge on any atom is -0.323 e. The van der Waals surface area contributed by atoms with E-state index in [1.54, 1.807) is 0 Å². The molecule has 0 aliphatic carbocycles. The van der Waals surface area contributed by atoms with E-state index in [2.05, 4.69) is 43.4 Å². The SMILES string of the molecule is CCc1ccc(CC)cc1.CNC.Cl. The molecule has 0 saturated heterocycles. The Morgan fingerprint density at radius 3 is 1.21 bits per heavy atom. The van der Waals surface area contributed by atoms with Gasteiger partial charge in [0.2, 0.25) is 0 Å².